The molecule has 0 unspecified atom stereocenters. The maximum Gasteiger partial charge on any atom is 0.314 e. The summed E-state index contributed by atoms with van der Waals surface area (Å²) in [6.45, 7) is 1.13. The van der Waals surface area contributed by atoms with E-state index >= 15 is 0 Å². The molecule has 0 radical (unpaired) electrons. The van der Waals surface area contributed by atoms with Crippen LogP contribution in [0.15, 0.2) is 42.5 Å². The van der Waals surface area contributed by atoms with E-state index in [1.165, 1.54) is 10.8 Å². The molecule has 1 atom stereocenters. The summed E-state index contributed by atoms with van der Waals surface area (Å²) in [5.41, 5.74) is 6.40. The van der Waals surface area contributed by atoms with Gasteiger partial charge < -0.3 is 16.0 Å². The molecule has 23 heavy (non-hydrogen) atoms. The second-order valence-electron chi connectivity index (χ2n) is 6.02. The molecule has 5 heteroatoms. The van der Waals surface area contributed by atoms with E-state index in [2.05, 4.69) is 35.6 Å². The number of nitrogens with zero attached hydrogens (tertiary/aromatic N) is 1. The van der Waals surface area contributed by atoms with Crippen LogP contribution >= 0.6 is 0 Å². The molecule has 0 aliphatic carbocycles. The summed E-state index contributed by atoms with van der Waals surface area (Å²) < 4.78 is 0. The number of aryl methyl sites for hydroxylation is 1. The molecular weight excluding hydrogens is 290 g/mol. The smallest absolute Gasteiger partial charge is 0.314 e. The molecule has 0 aromatic heterocycles. The quantitative estimate of drug-likeness (QED) is 0.906. The predicted octanol–water partition coefficient (Wildman–Crippen LogP) is 2.04. The Hall–Kier alpha value is -2.56. The lowest BCUT2D eigenvalue weighted by Crippen LogP contribution is -2.40. The molecule has 0 spiro atoms. The molecule has 2 aromatic carbocycles. The lowest BCUT2D eigenvalue weighted by molar-refractivity contribution is -0.121. The Labute approximate surface area is 135 Å². The van der Waals surface area contributed by atoms with Crippen LogP contribution < -0.4 is 11.1 Å². The van der Waals surface area contributed by atoms with Gasteiger partial charge in [-0.25, -0.2) is 4.79 Å². The van der Waals surface area contributed by atoms with E-state index in [9.17, 15) is 9.59 Å². The van der Waals surface area contributed by atoms with Crippen molar-refractivity contribution >= 4 is 22.7 Å². The molecule has 3 N–H and O–H groups in total. The van der Waals surface area contributed by atoms with Crippen molar-refractivity contribution in [3.63, 3.8) is 0 Å². The zero-order chi connectivity index (χ0) is 16.2. The van der Waals surface area contributed by atoms with Crippen molar-refractivity contribution in [2.75, 3.05) is 13.1 Å². The second-order valence-corrected chi connectivity index (χ2v) is 6.02. The standard InChI is InChI=1S/C18H21N3O2/c19-18(23)21-10-9-16(12-21)20-17(22)8-6-13-5-7-14-3-1-2-4-15(14)11-13/h1-5,7,11,16H,6,8-10,12H2,(H2,19,23)(H,20,22)/t16-/m0/s1. The highest BCUT2D eigenvalue weighted by molar-refractivity contribution is 5.83. The average molecular weight is 311 g/mol. The Morgan fingerprint density at radius 3 is 2.70 bits per heavy atom. The number of urea groups is 1. The average Bonchev–Trinajstić information content (AvgIpc) is 3.01. The Balaban J connectivity index is 1.51. The highest BCUT2D eigenvalue weighted by Gasteiger charge is 2.25. The molecule has 2 aromatic rings. The Morgan fingerprint density at radius 1 is 1.17 bits per heavy atom. The van der Waals surface area contributed by atoms with Gasteiger partial charge in [0.15, 0.2) is 0 Å². The van der Waals surface area contributed by atoms with Gasteiger partial charge in [-0.1, -0.05) is 42.5 Å². The number of benzene rings is 2. The van der Waals surface area contributed by atoms with E-state index in [1.807, 2.05) is 12.1 Å². The molecule has 3 rings (SSSR count). The van der Waals surface area contributed by atoms with Crippen molar-refractivity contribution in [1.29, 1.82) is 0 Å². The van der Waals surface area contributed by atoms with Crippen LogP contribution in [-0.2, 0) is 11.2 Å². The molecule has 0 saturated carbocycles. The summed E-state index contributed by atoms with van der Waals surface area (Å²) in [6.07, 6.45) is 1.93. The van der Waals surface area contributed by atoms with Gasteiger partial charge in [0.2, 0.25) is 5.91 Å². The van der Waals surface area contributed by atoms with Crippen LogP contribution in [0.5, 0.6) is 0 Å². The lowest BCUT2D eigenvalue weighted by Gasteiger charge is -2.14. The van der Waals surface area contributed by atoms with Crippen LogP contribution in [0.4, 0.5) is 4.79 Å². The minimum absolute atomic E-state index is 0.0200. The molecule has 1 fully saturated rings. The third-order valence-corrected chi connectivity index (χ3v) is 4.32. The van der Waals surface area contributed by atoms with Crippen molar-refractivity contribution in [2.24, 2.45) is 5.73 Å². The van der Waals surface area contributed by atoms with Gasteiger partial charge in [0, 0.05) is 25.6 Å². The number of carbonyl (C=O) groups excluding carboxylic acids is 2. The number of hydrogen-bond acceptors (Lipinski definition) is 2. The number of amides is 3. The minimum Gasteiger partial charge on any atom is -0.352 e. The first-order chi connectivity index (χ1) is 11.1. The zero-order valence-electron chi connectivity index (χ0n) is 13.0. The number of primary amides is 1. The van der Waals surface area contributed by atoms with Gasteiger partial charge in [-0.3, -0.25) is 4.79 Å². The van der Waals surface area contributed by atoms with Crippen LogP contribution in [0, 0.1) is 0 Å². The van der Waals surface area contributed by atoms with Gasteiger partial charge in [0.1, 0.15) is 0 Å². The number of rotatable bonds is 4. The molecule has 1 saturated heterocycles. The zero-order valence-corrected chi connectivity index (χ0v) is 13.0. The van der Waals surface area contributed by atoms with Gasteiger partial charge in [-0.05, 0) is 29.2 Å². The van der Waals surface area contributed by atoms with Gasteiger partial charge in [-0.15, -0.1) is 0 Å². The Kier molecular flexibility index (Phi) is 4.46. The number of carbonyl (C=O) groups is 2. The molecule has 5 nitrogen and oxygen atoms in total. The third-order valence-electron chi connectivity index (χ3n) is 4.32. The van der Waals surface area contributed by atoms with Crippen LogP contribution in [0.1, 0.15) is 18.4 Å². The fourth-order valence-corrected chi connectivity index (χ4v) is 3.03. The Morgan fingerprint density at radius 2 is 1.96 bits per heavy atom. The SMILES string of the molecule is NC(=O)N1CC[C@H](NC(=O)CCc2ccc3ccccc3c2)C1. The number of nitrogens with one attached hydrogen (secondary N) is 1. The van der Waals surface area contributed by atoms with Crippen molar-refractivity contribution < 1.29 is 9.59 Å². The molecule has 1 heterocycles. The topological polar surface area (TPSA) is 75.4 Å². The molecule has 1 aliphatic heterocycles. The van der Waals surface area contributed by atoms with Crippen molar-refractivity contribution in [3.8, 4) is 0 Å². The minimum atomic E-state index is -0.419. The first kappa shape index (κ1) is 15.3. The van der Waals surface area contributed by atoms with Gasteiger partial charge >= 0.3 is 6.03 Å². The molecule has 0 bridgehead atoms. The number of hydrogen-bond donors (Lipinski definition) is 2. The summed E-state index contributed by atoms with van der Waals surface area (Å²) in [5, 5.41) is 5.38. The Bertz CT molecular complexity index is 729. The fourth-order valence-electron chi connectivity index (χ4n) is 3.03. The molecular formula is C18H21N3O2. The van der Waals surface area contributed by atoms with Crippen LogP contribution in [-0.4, -0.2) is 36.0 Å². The second kappa shape index (κ2) is 6.69. The van der Waals surface area contributed by atoms with E-state index in [1.54, 1.807) is 4.90 Å². The van der Waals surface area contributed by atoms with E-state index in [0.29, 0.717) is 25.9 Å². The first-order valence-corrected chi connectivity index (χ1v) is 7.93. The highest BCUT2D eigenvalue weighted by atomic mass is 16.2. The maximum absolute atomic E-state index is 12.1. The molecule has 120 valence electrons. The fraction of sp³-hybridized carbons (Fsp3) is 0.333. The van der Waals surface area contributed by atoms with Crippen molar-refractivity contribution in [1.82, 2.24) is 10.2 Å². The summed E-state index contributed by atoms with van der Waals surface area (Å²) in [5.74, 6) is 0.0227. The largest absolute Gasteiger partial charge is 0.352 e. The van der Waals surface area contributed by atoms with Crippen LogP contribution in [0.25, 0.3) is 10.8 Å². The molecule has 3 amide bonds. The number of likely N-dealkylation sites (tertiary alicyclic amines) is 1. The maximum atomic E-state index is 12.1. The number of nitrogens with two attached hydrogens (primary N) is 1. The van der Waals surface area contributed by atoms with Gasteiger partial charge in [0.05, 0.1) is 0 Å². The van der Waals surface area contributed by atoms with E-state index in [-0.39, 0.29) is 11.9 Å². The summed E-state index contributed by atoms with van der Waals surface area (Å²) >= 11 is 0. The third kappa shape index (κ3) is 3.80. The van der Waals surface area contributed by atoms with E-state index < -0.39 is 6.03 Å². The van der Waals surface area contributed by atoms with Gasteiger partial charge in [-0.2, -0.15) is 0 Å². The van der Waals surface area contributed by atoms with Crippen LogP contribution in [0.3, 0.4) is 0 Å². The summed E-state index contributed by atoms with van der Waals surface area (Å²) in [6, 6.07) is 14.1. The predicted molar refractivity (Wildman–Crippen MR) is 90.0 cm³/mol. The normalized spacial score (nSPS) is 17.4. The van der Waals surface area contributed by atoms with Crippen LogP contribution in [0.2, 0.25) is 0 Å². The number of fused-ring (bicyclic) bond motifs is 1. The van der Waals surface area contributed by atoms with E-state index in [4.69, 9.17) is 5.73 Å². The summed E-state index contributed by atoms with van der Waals surface area (Å²) in [4.78, 5) is 24.7. The monoisotopic (exact) mass is 311 g/mol. The van der Waals surface area contributed by atoms with Crippen molar-refractivity contribution in [3.05, 3.63) is 48.0 Å². The first-order valence-electron chi connectivity index (χ1n) is 7.93. The molecule has 1 aliphatic rings. The van der Waals surface area contributed by atoms with E-state index in [0.717, 1.165) is 12.0 Å². The lowest BCUT2D eigenvalue weighted by atomic mass is 10.0. The summed E-state index contributed by atoms with van der Waals surface area (Å²) in [7, 11) is 0. The highest BCUT2D eigenvalue weighted by Crippen LogP contribution is 2.16. The van der Waals surface area contributed by atoms with Crippen molar-refractivity contribution in [2.45, 2.75) is 25.3 Å². The van der Waals surface area contributed by atoms with Gasteiger partial charge in [0.25, 0.3) is 0 Å².